The van der Waals surface area contributed by atoms with Gasteiger partial charge in [-0.2, -0.15) is 0 Å². The standard InChI is InChI=1S/C14H19NO4S.C8H12O3.C6H7NO2S.C4H6O4.C2H3BO2.CH4.K.Na.H/c1-17-13(16)12-11(4-9-20-12)15-10-2-5-14(6-3-10)18-7-8-19-14;9-7-1-3-8(4-2-7)10-5-6-11-8;1-9-6(8)5-4(7)2-3-10-5;1-3(5)7-8-4(2)6;1-2(4)5-3;;;;/h4,9-10,15H,2-3,5-8H2,1H3;1-6H2;2-3H,7H2,1H3;1-2H3;1H3;1H4;;;/q;;;;-1;;2*+1;-1. The first-order valence-corrected chi connectivity index (χ1v) is 18.6. The SMILES string of the molecule is C.CC(=O)OOC(C)=O.COC(=O)c1sccc1N.COC(=O)c1sccc1NC1CCC2(CC1)OCCO2.O=C1CCC2(CC1)OCCO2.[B-]OC(C)=O.[H-].[K+].[Na+]. The normalized spacial score (nSPS) is 16.8. The maximum absolute atomic E-state index is 11.6. The Bertz CT molecular complexity index is 1510. The first-order valence-electron chi connectivity index (χ1n) is 16.8. The van der Waals surface area contributed by atoms with Crippen molar-refractivity contribution >= 4 is 77.7 Å². The van der Waals surface area contributed by atoms with Gasteiger partial charge in [0.2, 0.25) is 5.97 Å². The summed E-state index contributed by atoms with van der Waals surface area (Å²) in [5.74, 6) is -2.75. The van der Waals surface area contributed by atoms with Crippen molar-refractivity contribution < 1.29 is 154 Å². The predicted molar refractivity (Wildman–Crippen MR) is 203 cm³/mol. The minimum Gasteiger partial charge on any atom is -1.00 e. The molecule has 6 rings (SSSR count). The van der Waals surface area contributed by atoms with Gasteiger partial charge in [0.25, 0.3) is 0 Å². The molecule has 0 aromatic carbocycles. The van der Waals surface area contributed by atoms with E-state index in [2.05, 4.69) is 32.5 Å². The Morgan fingerprint density at radius 2 is 1.18 bits per heavy atom. The summed E-state index contributed by atoms with van der Waals surface area (Å²) in [6.45, 7) is 6.30. The Balaban J connectivity index is -0.000000692. The van der Waals surface area contributed by atoms with Crippen LogP contribution in [0.5, 0.6) is 0 Å². The third-order valence-electron chi connectivity index (χ3n) is 7.85. The van der Waals surface area contributed by atoms with Gasteiger partial charge in [0.05, 0.1) is 52.0 Å². The fourth-order valence-electron chi connectivity index (χ4n) is 5.27. The number of ether oxygens (including phenoxy) is 6. The van der Waals surface area contributed by atoms with Crippen LogP contribution in [0.2, 0.25) is 0 Å². The molecule has 2 saturated heterocycles. The molecule has 22 heteroatoms. The first-order chi connectivity index (χ1) is 25.7. The number of nitrogens with one attached hydrogen (secondary N) is 1. The van der Waals surface area contributed by atoms with Gasteiger partial charge in [-0.05, 0) is 35.7 Å². The van der Waals surface area contributed by atoms with Crippen LogP contribution in [0.15, 0.2) is 22.9 Å². The van der Waals surface area contributed by atoms with Gasteiger partial charge in [-0.1, -0.05) is 7.43 Å². The molecule has 3 radical (unpaired) electrons. The molecule has 2 aliphatic carbocycles. The van der Waals surface area contributed by atoms with Crippen LogP contribution < -0.4 is 92.0 Å². The molecule has 17 nitrogen and oxygen atoms in total. The second-order valence-electron chi connectivity index (χ2n) is 11.8. The number of ketones is 1. The molecular weight excluding hydrogens is 825 g/mol. The van der Waals surface area contributed by atoms with Crippen LogP contribution >= 0.6 is 22.7 Å². The molecule has 2 aromatic rings. The van der Waals surface area contributed by atoms with E-state index in [4.69, 9.17) is 29.4 Å². The second kappa shape index (κ2) is 30.6. The van der Waals surface area contributed by atoms with Gasteiger partial charge in [-0.25, -0.2) is 29.0 Å². The van der Waals surface area contributed by atoms with Crippen LogP contribution in [0.1, 0.15) is 100 Å². The van der Waals surface area contributed by atoms with Crippen molar-refractivity contribution in [2.24, 2.45) is 0 Å². The smallest absolute Gasteiger partial charge is 1.00 e. The van der Waals surface area contributed by atoms with Crippen molar-refractivity contribution in [3.05, 3.63) is 32.6 Å². The molecule has 4 fully saturated rings. The molecule has 4 heterocycles. The molecule has 0 atom stereocenters. The molecule has 2 aromatic heterocycles. The van der Waals surface area contributed by atoms with Crippen LogP contribution in [-0.4, -0.2) is 102 Å². The molecule has 2 aliphatic heterocycles. The predicted octanol–water partition coefficient (Wildman–Crippen LogP) is -0.961. The summed E-state index contributed by atoms with van der Waals surface area (Å²) in [7, 11) is 7.06. The summed E-state index contributed by atoms with van der Waals surface area (Å²) >= 11 is 2.69. The fourth-order valence-corrected chi connectivity index (χ4v) is 6.78. The van der Waals surface area contributed by atoms with Gasteiger partial charge in [0, 0.05) is 65.3 Å². The van der Waals surface area contributed by atoms with Gasteiger partial charge < -0.3 is 53.6 Å². The summed E-state index contributed by atoms with van der Waals surface area (Å²) < 4.78 is 35.2. The van der Waals surface area contributed by atoms with E-state index in [1.54, 1.807) is 11.4 Å². The number of nitrogen functional groups attached to an aromatic ring is 1. The van der Waals surface area contributed by atoms with E-state index in [0.29, 0.717) is 66.5 Å². The number of methoxy groups -OCH3 is 2. The molecule has 309 valence electrons. The summed E-state index contributed by atoms with van der Waals surface area (Å²) in [5.41, 5.74) is 6.78. The molecule has 0 bridgehead atoms. The van der Waals surface area contributed by atoms with Crippen molar-refractivity contribution in [1.29, 1.82) is 0 Å². The zero-order valence-corrected chi connectivity index (χ0v) is 39.7. The number of carbonyl (C=O) groups excluding carboxylic acids is 6. The Morgan fingerprint density at radius 3 is 1.56 bits per heavy atom. The number of carbonyl (C=O) groups is 6. The average Bonchev–Trinajstić information content (AvgIpc) is 4.00. The minimum absolute atomic E-state index is 0. The van der Waals surface area contributed by atoms with Crippen LogP contribution in [0.25, 0.3) is 0 Å². The molecule has 4 aliphatic rings. The van der Waals surface area contributed by atoms with Gasteiger partial charge >= 0.3 is 105 Å². The zero-order valence-electron chi connectivity index (χ0n) is 34.0. The van der Waals surface area contributed by atoms with Crippen molar-refractivity contribution in [2.75, 3.05) is 51.7 Å². The third kappa shape index (κ3) is 21.6. The van der Waals surface area contributed by atoms with Crippen LogP contribution in [0, 0.1) is 0 Å². The number of Topliss-reactive ketones (excluding diaryl/α,β-unsaturated/α-hetero) is 1. The Labute approximate surface area is 408 Å². The number of nitrogens with two attached hydrogens (primary N) is 1. The minimum atomic E-state index is -0.639. The maximum atomic E-state index is 11.6. The van der Waals surface area contributed by atoms with Crippen molar-refractivity contribution in [2.45, 2.75) is 97.2 Å². The zero-order chi connectivity index (χ0) is 40.1. The van der Waals surface area contributed by atoms with E-state index in [0.717, 1.165) is 58.1 Å². The van der Waals surface area contributed by atoms with Crippen LogP contribution in [0.4, 0.5) is 11.4 Å². The largest absolute Gasteiger partial charge is 1.00 e. The van der Waals surface area contributed by atoms with Crippen molar-refractivity contribution in [1.82, 2.24) is 0 Å². The van der Waals surface area contributed by atoms with E-state index in [1.807, 2.05) is 11.4 Å². The van der Waals surface area contributed by atoms with Crippen LogP contribution in [0.3, 0.4) is 0 Å². The topological polar surface area (TPSA) is 224 Å². The molecule has 0 unspecified atom stereocenters. The monoisotopic (exact) mass is 877 g/mol. The number of anilines is 2. The molecule has 57 heavy (non-hydrogen) atoms. The van der Waals surface area contributed by atoms with E-state index in [1.165, 1.54) is 43.8 Å². The fraction of sp³-hybridized carbons (Fsp3) is 0.600. The quantitative estimate of drug-likeness (QED) is 0.163. The molecular formula is C35H52BKN2NaO15S2. The number of rotatable bonds is 4. The van der Waals surface area contributed by atoms with Gasteiger partial charge in [-0.3, -0.25) is 9.59 Å². The Kier molecular flexibility index (Phi) is 30.9. The average molecular weight is 878 g/mol. The number of thiophene rings is 2. The third-order valence-corrected chi connectivity index (χ3v) is 9.65. The van der Waals surface area contributed by atoms with Crippen molar-refractivity contribution in [3.8, 4) is 0 Å². The second-order valence-corrected chi connectivity index (χ2v) is 13.6. The first kappa shape index (κ1) is 57.7. The number of hydrogen-bond acceptors (Lipinski definition) is 19. The number of esters is 2. The molecule has 2 spiro atoms. The van der Waals surface area contributed by atoms with Gasteiger partial charge in [-0.15, -0.1) is 22.7 Å². The maximum Gasteiger partial charge on any atom is 1.00 e. The van der Waals surface area contributed by atoms with Crippen LogP contribution in [-0.2, 0) is 62.0 Å². The van der Waals surface area contributed by atoms with Gasteiger partial charge in [0.15, 0.2) is 11.6 Å². The van der Waals surface area contributed by atoms with E-state index in [9.17, 15) is 28.8 Å². The molecule has 3 N–H and O–H groups in total. The van der Waals surface area contributed by atoms with E-state index < -0.39 is 17.9 Å². The summed E-state index contributed by atoms with van der Waals surface area (Å²) in [4.78, 5) is 71.3. The van der Waals surface area contributed by atoms with E-state index >= 15 is 0 Å². The van der Waals surface area contributed by atoms with E-state index in [-0.39, 0.29) is 113 Å². The Hall–Kier alpha value is -1.44. The molecule has 0 amide bonds. The summed E-state index contributed by atoms with van der Waals surface area (Å²) in [6.07, 6.45) is 6.54. The summed E-state index contributed by atoms with van der Waals surface area (Å²) in [5, 5.41) is 7.11. The summed E-state index contributed by atoms with van der Waals surface area (Å²) in [6, 6.07) is 3.97. The number of hydrogen-bond donors (Lipinski definition) is 2. The molecule has 2 saturated carbocycles. The van der Waals surface area contributed by atoms with Gasteiger partial charge in [0.1, 0.15) is 15.5 Å². The Morgan fingerprint density at radius 1 is 0.772 bits per heavy atom. The van der Waals surface area contributed by atoms with Crippen molar-refractivity contribution in [3.63, 3.8) is 0 Å².